The van der Waals surface area contributed by atoms with Gasteiger partial charge in [-0.05, 0) is 40.5 Å². The summed E-state index contributed by atoms with van der Waals surface area (Å²) in [6, 6.07) is 7.89. The van der Waals surface area contributed by atoms with Crippen LogP contribution in [0.25, 0.3) is 0 Å². The highest BCUT2D eigenvalue weighted by Gasteiger charge is 2.06. The number of carbonyl (C=O) groups excluding carboxylic acids is 1. The molecule has 0 aliphatic heterocycles. The highest BCUT2D eigenvalue weighted by Crippen LogP contribution is 2.26. The Kier molecular flexibility index (Phi) is 4.04. The molecule has 0 fully saturated rings. The molecule has 1 amide bonds. The summed E-state index contributed by atoms with van der Waals surface area (Å²) in [5.74, 6) is -0.380. The van der Waals surface area contributed by atoms with Gasteiger partial charge in [-0.1, -0.05) is 12.1 Å². The van der Waals surface area contributed by atoms with Gasteiger partial charge in [0.1, 0.15) is 0 Å². The molecule has 0 radical (unpaired) electrons. The van der Waals surface area contributed by atoms with E-state index in [1.807, 2.05) is 31.2 Å². The van der Waals surface area contributed by atoms with Gasteiger partial charge in [0.05, 0.1) is 5.56 Å². The Bertz CT molecular complexity index is 580. The fourth-order valence-electron chi connectivity index (χ4n) is 1.57. The van der Waals surface area contributed by atoms with Crippen LogP contribution < -0.4 is 11.1 Å². The summed E-state index contributed by atoms with van der Waals surface area (Å²) < 4.78 is 1.07. The number of halogens is 1. The molecule has 0 saturated carbocycles. The molecule has 0 saturated heterocycles. The summed E-state index contributed by atoms with van der Waals surface area (Å²) in [5, 5.41) is 5.12. The molecule has 2 rings (SSSR count). The van der Waals surface area contributed by atoms with Crippen LogP contribution in [0.1, 0.15) is 20.8 Å². The molecular weight excluding hydrogens is 312 g/mol. The first-order valence-corrected chi connectivity index (χ1v) is 7.11. The zero-order valence-corrected chi connectivity index (χ0v) is 12.3. The molecule has 0 bridgehead atoms. The van der Waals surface area contributed by atoms with Gasteiger partial charge in [-0.3, -0.25) is 4.79 Å². The quantitative estimate of drug-likeness (QED) is 0.903. The van der Waals surface area contributed by atoms with Crippen molar-refractivity contribution in [3.05, 3.63) is 50.1 Å². The molecule has 1 aromatic heterocycles. The molecule has 0 aliphatic rings. The smallest absolute Gasteiger partial charge is 0.249 e. The van der Waals surface area contributed by atoms with Crippen LogP contribution in [-0.4, -0.2) is 5.91 Å². The van der Waals surface area contributed by atoms with Crippen LogP contribution in [0.2, 0.25) is 0 Å². The number of carbonyl (C=O) groups is 1. The monoisotopic (exact) mass is 324 g/mol. The van der Waals surface area contributed by atoms with Gasteiger partial charge in [0, 0.05) is 27.0 Å². The Hall–Kier alpha value is -1.33. The summed E-state index contributed by atoms with van der Waals surface area (Å²) in [6.07, 6.45) is 0. The molecule has 3 nitrogen and oxygen atoms in total. The van der Waals surface area contributed by atoms with E-state index in [1.54, 1.807) is 5.38 Å². The zero-order valence-electron chi connectivity index (χ0n) is 9.87. The third kappa shape index (κ3) is 2.91. The van der Waals surface area contributed by atoms with Gasteiger partial charge in [0.15, 0.2) is 0 Å². The minimum absolute atomic E-state index is 0.380. The van der Waals surface area contributed by atoms with Crippen molar-refractivity contribution in [3.8, 4) is 0 Å². The number of primary amides is 1. The van der Waals surface area contributed by atoms with Crippen molar-refractivity contribution in [2.75, 3.05) is 5.32 Å². The van der Waals surface area contributed by atoms with Gasteiger partial charge >= 0.3 is 0 Å². The van der Waals surface area contributed by atoms with Crippen molar-refractivity contribution in [1.82, 2.24) is 0 Å². The van der Waals surface area contributed by atoms with Crippen LogP contribution in [0.3, 0.4) is 0 Å². The minimum atomic E-state index is -0.380. The van der Waals surface area contributed by atoms with Crippen molar-refractivity contribution in [2.45, 2.75) is 13.5 Å². The number of anilines is 1. The number of rotatable bonds is 4. The van der Waals surface area contributed by atoms with Crippen molar-refractivity contribution in [2.24, 2.45) is 5.73 Å². The lowest BCUT2D eigenvalue weighted by Gasteiger charge is -2.09. The van der Waals surface area contributed by atoms with Crippen molar-refractivity contribution in [1.29, 1.82) is 0 Å². The molecule has 5 heteroatoms. The zero-order chi connectivity index (χ0) is 13.1. The summed E-state index contributed by atoms with van der Waals surface area (Å²) in [6.45, 7) is 2.73. The third-order valence-electron chi connectivity index (χ3n) is 2.58. The van der Waals surface area contributed by atoms with Crippen LogP contribution in [0, 0.1) is 6.92 Å². The predicted octanol–water partition coefficient (Wildman–Crippen LogP) is 3.53. The van der Waals surface area contributed by atoms with Crippen LogP contribution in [0.15, 0.2) is 34.1 Å². The largest absolute Gasteiger partial charge is 0.379 e. The van der Waals surface area contributed by atoms with Crippen molar-refractivity contribution < 1.29 is 4.79 Å². The van der Waals surface area contributed by atoms with E-state index < -0.39 is 0 Å². The second-order valence-electron chi connectivity index (χ2n) is 3.96. The molecule has 2 aromatic rings. The number of benzene rings is 1. The Morgan fingerprint density at radius 1 is 1.50 bits per heavy atom. The normalized spacial score (nSPS) is 10.3. The van der Waals surface area contributed by atoms with E-state index in [4.69, 9.17) is 5.73 Å². The van der Waals surface area contributed by atoms with E-state index in [9.17, 15) is 4.79 Å². The maximum Gasteiger partial charge on any atom is 0.249 e. The highest BCUT2D eigenvalue weighted by atomic mass is 79.9. The molecule has 18 heavy (non-hydrogen) atoms. The molecule has 0 spiro atoms. The standard InChI is InChI=1S/C13H13BrN2OS/c1-8-3-2-4-11(12(8)14)16-6-10-5-9(7-18-10)13(15)17/h2-5,7,16H,6H2,1H3,(H2,15,17). The molecule has 94 valence electrons. The number of aryl methyl sites for hydroxylation is 1. The second kappa shape index (κ2) is 5.54. The molecule has 0 unspecified atom stereocenters. The Morgan fingerprint density at radius 2 is 2.28 bits per heavy atom. The van der Waals surface area contributed by atoms with Gasteiger partial charge in [0.2, 0.25) is 5.91 Å². The maximum atomic E-state index is 11.0. The van der Waals surface area contributed by atoms with Crippen LogP contribution in [-0.2, 0) is 6.54 Å². The van der Waals surface area contributed by atoms with E-state index in [0.29, 0.717) is 12.1 Å². The van der Waals surface area contributed by atoms with Gasteiger partial charge < -0.3 is 11.1 Å². The predicted molar refractivity (Wildman–Crippen MR) is 79.0 cm³/mol. The number of hydrogen-bond acceptors (Lipinski definition) is 3. The summed E-state index contributed by atoms with van der Waals surface area (Å²) >= 11 is 5.08. The molecule has 1 heterocycles. The first-order chi connectivity index (χ1) is 8.58. The summed E-state index contributed by atoms with van der Waals surface area (Å²) in [5.41, 5.74) is 8.02. The van der Waals surface area contributed by atoms with Gasteiger partial charge in [-0.25, -0.2) is 0 Å². The number of nitrogens with one attached hydrogen (secondary N) is 1. The van der Waals surface area contributed by atoms with Gasteiger partial charge in [0.25, 0.3) is 0 Å². The first kappa shape index (κ1) is 13.1. The van der Waals surface area contributed by atoms with Crippen LogP contribution >= 0.6 is 27.3 Å². The lowest BCUT2D eigenvalue weighted by molar-refractivity contribution is 0.100. The molecule has 0 aliphatic carbocycles. The van der Waals surface area contributed by atoms with Crippen LogP contribution in [0.5, 0.6) is 0 Å². The van der Waals surface area contributed by atoms with E-state index in [0.717, 1.165) is 15.0 Å². The van der Waals surface area contributed by atoms with E-state index in [-0.39, 0.29) is 5.91 Å². The number of thiophene rings is 1. The Labute approximate surface area is 118 Å². The van der Waals surface area contributed by atoms with E-state index >= 15 is 0 Å². The van der Waals surface area contributed by atoms with E-state index in [1.165, 1.54) is 16.9 Å². The number of hydrogen-bond donors (Lipinski definition) is 2. The summed E-state index contributed by atoms with van der Waals surface area (Å²) in [4.78, 5) is 12.1. The maximum absolute atomic E-state index is 11.0. The third-order valence-corrected chi connectivity index (χ3v) is 4.57. The SMILES string of the molecule is Cc1cccc(NCc2cc(C(N)=O)cs2)c1Br. The molecule has 3 N–H and O–H groups in total. The highest BCUT2D eigenvalue weighted by molar-refractivity contribution is 9.10. The molecule has 1 aromatic carbocycles. The van der Waals surface area contributed by atoms with Crippen molar-refractivity contribution in [3.63, 3.8) is 0 Å². The average molecular weight is 325 g/mol. The Balaban J connectivity index is 2.07. The fourth-order valence-corrected chi connectivity index (χ4v) is 2.79. The van der Waals surface area contributed by atoms with Gasteiger partial charge in [-0.2, -0.15) is 0 Å². The van der Waals surface area contributed by atoms with Crippen LogP contribution in [0.4, 0.5) is 5.69 Å². The second-order valence-corrected chi connectivity index (χ2v) is 5.74. The fraction of sp³-hybridized carbons (Fsp3) is 0.154. The summed E-state index contributed by atoms with van der Waals surface area (Å²) in [7, 11) is 0. The first-order valence-electron chi connectivity index (χ1n) is 5.44. The molecule has 0 atom stereocenters. The molecular formula is C13H13BrN2OS. The number of amides is 1. The topological polar surface area (TPSA) is 55.1 Å². The average Bonchev–Trinajstić information content (AvgIpc) is 2.80. The minimum Gasteiger partial charge on any atom is -0.379 e. The lowest BCUT2D eigenvalue weighted by Crippen LogP contribution is -2.09. The lowest BCUT2D eigenvalue weighted by atomic mass is 10.2. The van der Waals surface area contributed by atoms with Crippen molar-refractivity contribution >= 4 is 38.9 Å². The van der Waals surface area contributed by atoms with Gasteiger partial charge in [-0.15, -0.1) is 11.3 Å². The van der Waals surface area contributed by atoms with E-state index in [2.05, 4.69) is 21.2 Å². The number of nitrogens with two attached hydrogens (primary N) is 1. The Morgan fingerprint density at radius 3 is 2.94 bits per heavy atom.